The van der Waals surface area contributed by atoms with Gasteiger partial charge < -0.3 is 10.5 Å². The van der Waals surface area contributed by atoms with Crippen LogP contribution in [0.4, 0.5) is 0 Å². The number of benzene rings is 2. The number of rotatable bonds is 6. The maximum absolute atomic E-state index is 5.93. The minimum Gasteiger partial charge on any atom is -0.497 e. The summed E-state index contributed by atoms with van der Waals surface area (Å²) in [5, 5.41) is 0. The average Bonchev–Trinajstić information content (AvgIpc) is 2.49. The fourth-order valence-corrected chi connectivity index (χ4v) is 3.81. The molecule has 0 heterocycles. The van der Waals surface area contributed by atoms with Crippen LogP contribution >= 0.6 is 23.5 Å². The van der Waals surface area contributed by atoms with Gasteiger partial charge in [-0.25, -0.2) is 0 Å². The van der Waals surface area contributed by atoms with E-state index in [-0.39, 0.29) is 0 Å². The molecule has 106 valence electrons. The average molecular weight is 305 g/mol. The maximum atomic E-state index is 5.93. The number of ether oxygens (including phenoxy) is 1. The Morgan fingerprint density at radius 1 is 1.05 bits per heavy atom. The summed E-state index contributed by atoms with van der Waals surface area (Å²) in [6, 6.07) is 14.5. The van der Waals surface area contributed by atoms with Crippen molar-refractivity contribution in [2.75, 3.05) is 12.9 Å². The topological polar surface area (TPSA) is 35.2 Å². The summed E-state index contributed by atoms with van der Waals surface area (Å²) >= 11 is 3.59. The molecule has 0 aromatic heterocycles. The second kappa shape index (κ2) is 7.62. The third kappa shape index (κ3) is 3.72. The maximum Gasteiger partial charge on any atom is 0.118 e. The van der Waals surface area contributed by atoms with Crippen LogP contribution in [0.5, 0.6) is 5.75 Å². The molecule has 0 saturated carbocycles. The van der Waals surface area contributed by atoms with Gasteiger partial charge in [-0.2, -0.15) is 0 Å². The van der Waals surface area contributed by atoms with E-state index >= 15 is 0 Å². The van der Waals surface area contributed by atoms with Gasteiger partial charge in [-0.3, -0.25) is 0 Å². The van der Waals surface area contributed by atoms with Crippen LogP contribution in [-0.4, -0.2) is 12.9 Å². The predicted octanol–water partition coefficient (Wildman–Crippen LogP) is 4.42. The molecule has 4 heteroatoms. The first-order chi connectivity index (χ1) is 9.78. The molecule has 2 aromatic rings. The van der Waals surface area contributed by atoms with Crippen LogP contribution in [0.15, 0.2) is 57.2 Å². The summed E-state index contributed by atoms with van der Waals surface area (Å²) in [6.45, 7) is 2.73. The van der Waals surface area contributed by atoms with Crippen LogP contribution in [0.3, 0.4) is 0 Å². The molecule has 0 atom stereocenters. The highest BCUT2D eigenvalue weighted by Gasteiger charge is 2.08. The van der Waals surface area contributed by atoms with Crippen LogP contribution < -0.4 is 10.5 Å². The molecule has 0 saturated heterocycles. The summed E-state index contributed by atoms with van der Waals surface area (Å²) in [5.74, 6) is 1.94. The molecule has 0 spiro atoms. The van der Waals surface area contributed by atoms with Crippen molar-refractivity contribution in [1.29, 1.82) is 0 Å². The minimum absolute atomic E-state index is 0.571. The van der Waals surface area contributed by atoms with E-state index in [1.807, 2.05) is 23.9 Å². The number of methoxy groups -OCH3 is 1. The third-order valence-corrected chi connectivity index (χ3v) is 4.97. The molecular weight excluding hydrogens is 286 g/mol. The monoisotopic (exact) mass is 305 g/mol. The van der Waals surface area contributed by atoms with Crippen LogP contribution in [0.2, 0.25) is 0 Å². The molecule has 0 amide bonds. The largest absolute Gasteiger partial charge is 0.497 e. The predicted molar refractivity (Wildman–Crippen MR) is 87.8 cm³/mol. The van der Waals surface area contributed by atoms with Gasteiger partial charge in [0, 0.05) is 21.2 Å². The van der Waals surface area contributed by atoms with Crippen LogP contribution in [0.25, 0.3) is 0 Å². The van der Waals surface area contributed by atoms with Crippen molar-refractivity contribution < 1.29 is 4.74 Å². The molecule has 0 fully saturated rings. The number of thioether (sulfide) groups is 1. The Kier molecular flexibility index (Phi) is 5.83. The number of hydrogen-bond acceptors (Lipinski definition) is 4. The Bertz CT molecular complexity index is 555. The van der Waals surface area contributed by atoms with E-state index in [0.29, 0.717) is 6.54 Å². The van der Waals surface area contributed by atoms with E-state index in [2.05, 4.69) is 37.3 Å². The molecule has 0 unspecified atom stereocenters. The van der Waals surface area contributed by atoms with Gasteiger partial charge in [-0.05, 0) is 47.7 Å². The smallest absolute Gasteiger partial charge is 0.118 e. The molecule has 2 aromatic carbocycles. The quantitative estimate of drug-likeness (QED) is 0.801. The lowest BCUT2D eigenvalue weighted by Crippen LogP contribution is -2.00. The van der Waals surface area contributed by atoms with Crippen molar-refractivity contribution in [3.8, 4) is 5.75 Å². The van der Waals surface area contributed by atoms with Crippen molar-refractivity contribution in [2.45, 2.75) is 28.2 Å². The van der Waals surface area contributed by atoms with Crippen molar-refractivity contribution in [3.05, 3.63) is 48.0 Å². The second-order valence-corrected chi connectivity index (χ2v) is 6.57. The van der Waals surface area contributed by atoms with Gasteiger partial charge in [0.2, 0.25) is 0 Å². The Balaban J connectivity index is 2.25. The lowest BCUT2D eigenvalue weighted by Gasteiger charge is -2.12. The highest BCUT2D eigenvalue weighted by Crippen LogP contribution is 2.35. The lowest BCUT2D eigenvalue weighted by molar-refractivity contribution is 0.414. The fraction of sp³-hybridized carbons (Fsp3) is 0.250. The van der Waals surface area contributed by atoms with Crippen LogP contribution in [-0.2, 0) is 6.54 Å². The minimum atomic E-state index is 0.571. The summed E-state index contributed by atoms with van der Waals surface area (Å²) in [7, 11) is 1.68. The molecule has 2 N–H and O–H groups in total. The van der Waals surface area contributed by atoms with Gasteiger partial charge in [0.25, 0.3) is 0 Å². The molecule has 0 aliphatic rings. The van der Waals surface area contributed by atoms with E-state index in [0.717, 1.165) is 11.5 Å². The molecule has 20 heavy (non-hydrogen) atoms. The zero-order valence-electron chi connectivity index (χ0n) is 11.8. The first kappa shape index (κ1) is 15.3. The third-order valence-electron chi connectivity index (χ3n) is 2.88. The fourth-order valence-electron chi connectivity index (χ4n) is 1.90. The van der Waals surface area contributed by atoms with Crippen molar-refractivity contribution >= 4 is 23.5 Å². The normalized spacial score (nSPS) is 10.6. The Morgan fingerprint density at radius 2 is 1.75 bits per heavy atom. The molecule has 2 nitrogen and oxygen atoms in total. The lowest BCUT2D eigenvalue weighted by atomic mass is 10.2. The van der Waals surface area contributed by atoms with E-state index in [9.17, 15) is 0 Å². The zero-order valence-corrected chi connectivity index (χ0v) is 13.4. The Labute approximate surface area is 129 Å². The van der Waals surface area contributed by atoms with Crippen LogP contribution in [0, 0.1) is 0 Å². The summed E-state index contributed by atoms with van der Waals surface area (Å²) < 4.78 is 5.18. The van der Waals surface area contributed by atoms with Gasteiger partial charge in [0.1, 0.15) is 5.75 Å². The summed E-state index contributed by atoms with van der Waals surface area (Å²) in [4.78, 5) is 3.71. The van der Waals surface area contributed by atoms with Crippen molar-refractivity contribution in [3.63, 3.8) is 0 Å². The van der Waals surface area contributed by atoms with E-state index in [4.69, 9.17) is 10.5 Å². The molecule has 0 aliphatic heterocycles. The van der Waals surface area contributed by atoms with Crippen molar-refractivity contribution in [2.24, 2.45) is 5.73 Å². The molecule has 0 radical (unpaired) electrons. The number of hydrogen-bond donors (Lipinski definition) is 1. The first-order valence-corrected chi connectivity index (χ1v) is 8.35. The molecule has 0 aliphatic carbocycles. The van der Waals surface area contributed by atoms with E-state index < -0.39 is 0 Å². The highest BCUT2D eigenvalue weighted by molar-refractivity contribution is 8.00. The van der Waals surface area contributed by atoms with Gasteiger partial charge in [-0.1, -0.05) is 24.8 Å². The number of nitrogens with two attached hydrogens (primary N) is 1. The van der Waals surface area contributed by atoms with Gasteiger partial charge >= 0.3 is 0 Å². The Hall–Kier alpha value is -1.10. The highest BCUT2D eigenvalue weighted by atomic mass is 32.2. The molecule has 2 rings (SSSR count). The summed E-state index contributed by atoms with van der Waals surface area (Å²) in [6.07, 6.45) is 0. The van der Waals surface area contributed by atoms with Crippen molar-refractivity contribution in [1.82, 2.24) is 0 Å². The zero-order chi connectivity index (χ0) is 14.4. The second-order valence-electron chi connectivity index (χ2n) is 4.15. The SMILES string of the molecule is CCSc1cccc(Sc2ccc(OC)cc2)c1CN. The van der Waals surface area contributed by atoms with E-state index in [1.54, 1.807) is 18.9 Å². The van der Waals surface area contributed by atoms with Gasteiger partial charge in [0.15, 0.2) is 0 Å². The van der Waals surface area contributed by atoms with Crippen LogP contribution in [0.1, 0.15) is 12.5 Å². The van der Waals surface area contributed by atoms with Gasteiger partial charge in [0.05, 0.1) is 7.11 Å². The standard InChI is InChI=1S/C16H19NOS2/c1-3-19-15-5-4-6-16(14(15)11-17)20-13-9-7-12(18-2)8-10-13/h4-10H,3,11,17H2,1-2H3. The summed E-state index contributed by atoms with van der Waals surface area (Å²) in [5.41, 5.74) is 7.17. The Morgan fingerprint density at radius 3 is 2.35 bits per heavy atom. The van der Waals surface area contributed by atoms with Gasteiger partial charge in [-0.15, -0.1) is 11.8 Å². The van der Waals surface area contributed by atoms with E-state index in [1.165, 1.54) is 20.2 Å². The molecular formula is C16H19NOS2. The molecule has 0 bridgehead atoms. The first-order valence-electron chi connectivity index (χ1n) is 6.55.